The standard InChI is InChI=1S/C24H27N5O6S3/c1-3-35-23(32)27-9-7-26(8-10-27)20-17(21(30)28-13-15(2)4-5-19(28)25-20)12-18-22(31)29(24(36)37-18)16-6-11-38(33,34)14-16/h4-5,12-13,16H,3,6-11,14H2,1-2H3. The van der Waals surface area contributed by atoms with Crippen molar-refractivity contribution in [3.63, 3.8) is 0 Å². The second kappa shape index (κ2) is 10.3. The molecule has 14 heteroatoms. The van der Waals surface area contributed by atoms with Crippen molar-refractivity contribution in [1.82, 2.24) is 19.2 Å². The number of thiocarbonyl (C=S) groups is 1. The highest BCUT2D eigenvalue weighted by atomic mass is 32.2. The molecule has 3 fully saturated rings. The van der Waals surface area contributed by atoms with E-state index in [-0.39, 0.29) is 44.6 Å². The summed E-state index contributed by atoms with van der Waals surface area (Å²) in [5.74, 6) is -0.0994. The Hall–Kier alpha value is -2.97. The molecular formula is C24H27N5O6S3. The van der Waals surface area contributed by atoms with E-state index < -0.39 is 21.8 Å². The first-order valence-electron chi connectivity index (χ1n) is 12.2. The summed E-state index contributed by atoms with van der Waals surface area (Å²) < 4.78 is 30.8. The van der Waals surface area contributed by atoms with Gasteiger partial charge in [-0.1, -0.05) is 30.0 Å². The van der Waals surface area contributed by atoms with Crippen molar-refractivity contribution < 1.29 is 22.7 Å². The zero-order chi connectivity index (χ0) is 27.2. The molecule has 3 aliphatic heterocycles. The number of carbonyl (C=O) groups is 2. The van der Waals surface area contributed by atoms with Crippen molar-refractivity contribution in [2.24, 2.45) is 0 Å². The second-order valence-corrected chi connectivity index (χ2v) is 13.3. The molecule has 0 aromatic carbocycles. The maximum absolute atomic E-state index is 13.7. The van der Waals surface area contributed by atoms with Crippen LogP contribution in [-0.4, -0.2) is 94.3 Å². The van der Waals surface area contributed by atoms with Crippen LogP contribution in [0, 0.1) is 6.92 Å². The number of hydrogen-bond acceptors (Lipinski definition) is 10. The van der Waals surface area contributed by atoms with E-state index in [1.165, 1.54) is 15.4 Å². The first kappa shape index (κ1) is 26.6. The lowest BCUT2D eigenvalue weighted by atomic mass is 10.2. The summed E-state index contributed by atoms with van der Waals surface area (Å²) in [5.41, 5.74) is 1.23. The highest BCUT2D eigenvalue weighted by Gasteiger charge is 2.42. The summed E-state index contributed by atoms with van der Waals surface area (Å²) in [4.78, 5) is 49.2. The molecule has 5 rings (SSSR count). The largest absolute Gasteiger partial charge is 0.450 e. The molecule has 38 heavy (non-hydrogen) atoms. The number of aryl methyl sites for hydroxylation is 1. The molecule has 1 atom stereocenters. The van der Waals surface area contributed by atoms with Crippen molar-refractivity contribution in [3.8, 4) is 0 Å². The van der Waals surface area contributed by atoms with Crippen LogP contribution in [0.3, 0.4) is 0 Å². The van der Waals surface area contributed by atoms with E-state index >= 15 is 0 Å². The maximum Gasteiger partial charge on any atom is 0.409 e. The molecule has 0 N–H and O–H groups in total. The molecule has 3 saturated heterocycles. The number of thioether (sulfide) groups is 1. The highest BCUT2D eigenvalue weighted by Crippen LogP contribution is 2.37. The van der Waals surface area contributed by atoms with E-state index in [1.807, 2.05) is 17.9 Å². The van der Waals surface area contributed by atoms with Gasteiger partial charge in [0, 0.05) is 32.4 Å². The van der Waals surface area contributed by atoms with Crippen molar-refractivity contribution in [1.29, 1.82) is 0 Å². The number of pyridine rings is 1. The molecular weight excluding hydrogens is 550 g/mol. The maximum atomic E-state index is 13.7. The van der Waals surface area contributed by atoms with Crippen LogP contribution in [0.1, 0.15) is 24.5 Å². The predicted molar refractivity (Wildman–Crippen MR) is 149 cm³/mol. The Kier molecular flexibility index (Phi) is 7.22. The zero-order valence-corrected chi connectivity index (χ0v) is 23.4. The molecule has 0 spiro atoms. The summed E-state index contributed by atoms with van der Waals surface area (Å²) in [6, 6.07) is 3.12. The van der Waals surface area contributed by atoms with Crippen molar-refractivity contribution >= 4 is 67.7 Å². The van der Waals surface area contributed by atoms with Gasteiger partial charge in [0.2, 0.25) is 0 Å². The number of carbonyl (C=O) groups excluding carboxylic acids is 2. The molecule has 2 aromatic rings. The first-order chi connectivity index (χ1) is 18.1. The lowest BCUT2D eigenvalue weighted by Crippen LogP contribution is -2.49. The van der Waals surface area contributed by atoms with E-state index in [9.17, 15) is 22.8 Å². The minimum atomic E-state index is -3.22. The number of piperazine rings is 1. The summed E-state index contributed by atoms with van der Waals surface area (Å²) in [6.07, 6.45) is 3.16. The van der Waals surface area contributed by atoms with Gasteiger partial charge in [-0.3, -0.25) is 18.9 Å². The van der Waals surface area contributed by atoms with E-state index in [0.717, 1.165) is 17.3 Å². The number of sulfone groups is 1. The number of hydrogen-bond donors (Lipinski definition) is 0. The molecule has 5 heterocycles. The molecule has 11 nitrogen and oxygen atoms in total. The summed E-state index contributed by atoms with van der Waals surface area (Å²) in [5, 5.41) is 0. The van der Waals surface area contributed by atoms with Gasteiger partial charge < -0.3 is 14.5 Å². The third-order valence-electron chi connectivity index (χ3n) is 6.76. The molecule has 2 amide bonds. The van der Waals surface area contributed by atoms with E-state index in [4.69, 9.17) is 21.9 Å². The fourth-order valence-electron chi connectivity index (χ4n) is 4.83. The molecule has 0 bridgehead atoms. The van der Waals surface area contributed by atoms with Crippen LogP contribution >= 0.6 is 24.0 Å². The van der Waals surface area contributed by atoms with Gasteiger partial charge in [-0.15, -0.1) is 0 Å². The number of rotatable bonds is 4. The van der Waals surface area contributed by atoms with Crippen LogP contribution in [0.5, 0.6) is 0 Å². The first-order valence-corrected chi connectivity index (χ1v) is 15.3. The van der Waals surface area contributed by atoms with Crippen LogP contribution in [0.25, 0.3) is 11.7 Å². The molecule has 202 valence electrons. The van der Waals surface area contributed by atoms with Crippen LogP contribution in [-0.2, 0) is 19.4 Å². The lowest BCUT2D eigenvalue weighted by molar-refractivity contribution is -0.123. The minimum absolute atomic E-state index is 0.0188. The fraction of sp³-hybridized carbons (Fsp3) is 0.458. The number of nitrogens with zero attached hydrogens (tertiary/aromatic N) is 5. The van der Waals surface area contributed by atoms with Gasteiger partial charge in [0.05, 0.1) is 34.6 Å². The molecule has 3 aliphatic rings. The average molecular weight is 578 g/mol. The van der Waals surface area contributed by atoms with Gasteiger partial charge in [-0.05, 0) is 38.0 Å². The summed E-state index contributed by atoms with van der Waals surface area (Å²) in [7, 11) is -3.22. The van der Waals surface area contributed by atoms with E-state index in [1.54, 1.807) is 24.1 Å². The van der Waals surface area contributed by atoms with Crippen LogP contribution in [0.2, 0.25) is 0 Å². The quantitative estimate of drug-likeness (QED) is 0.392. The lowest BCUT2D eigenvalue weighted by Gasteiger charge is -2.35. The number of ether oxygens (including phenoxy) is 1. The van der Waals surface area contributed by atoms with Crippen LogP contribution < -0.4 is 10.5 Å². The Morgan fingerprint density at radius 3 is 2.63 bits per heavy atom. The Bertz CT molecular complexity index is 1530. The monoisotopic (exact) mass is 577 g/mol. The van der Waals surface area contributed by atoms with Gasteiger partial charge >= 0.3 is 6.09 Å². The predicted octanol–water partition coefficient (Wildman–Crippen LogP) is 1.67. The van der Waals surface area contributed by atoms with Crippen LogP contribution in [0.4, 0.5) is 10.6 Å². The minimum Gasteiger partial charge on any atom is -0.450 e. The van der Waals surface area contributed by atoms with Gasteiger partial charge in [-0.25, -0.2) is 18.2 Å². The van der Waals surface area contributed by atoms with Crippen LogP contribution in [0.15, 0.2) is 28.0 Å². The number of anilines is 1. The van der Waals surface area contributed by atoms with Gasteiger partial charge in [0.1, 0.15) is 15.8 Å². The molecule has 0 aliphatic carbocycles. The Morgan fingerprint density at radius 2 is 1.97 bits per heavy atom. The van der Waals surface area contributed by atoms with Crippen molar-refractivity contribution in [2.75, 3.05) is 49.2 Å². The Morgan fingerprint density at radius 1 is 1.24 bits per heavy atom. The third-order valence-corrected chi connectivity index (χ3v) is 9.84. The number of fused-ring (bicyclic) bond motifs is 1. The zero-order valence-electron chi connectivity index (χ0n) is 21.0. The van der Waals surface area contributed by atoms with Gasteiger partial charge in [0.25, 0.3) is 11.5 Å². The van der Waals surface area contributed by atoms with Crippen molar-refractivity contribution in [3.05, 3.63) is 44.7 Å². The molecule has 1 unspecified atom stereocenters. The van der Waals surface area contributed by atoms with Gasteiger partial charge in [0.15, 0.2) is 9.84 Å². The van der Waals surface area contributed by atoms with E-state index in [2.05, 4.69) is 0 Å². The molecule has 0 saturated carbocycles. The van der Waals surface area contributed by atoms with Crippen molar-refractivity contribution in [2.45, 2.75) is 26.3 Å². The Balaban J connectivity index is 1.52. The number of aromatic nitrogens is 2. The van der Waals surface area contributed by atoms with Gasteiger partial charge in [-0.2, -0.15) is 0 Å². The SMILES string of the molecule is CCOC(=O)N1CCN(c2nc3ccc(C)cn3c(=O)c2C=C2SC(=S)N(C3CCS(=O)(=O)C3)C2=O)CC1. The second-order valence-electron chi connectivity index (χ2n) is 9.37. The number of amides is 2. The topological polar surface area (TPSA) is 122 Å². The molecule has 0 radical (unpaired) electrons. The fourth-order valence-corrected chi connectivity index (χ4v) is 7.92. The summed E-state index contributed by atoms with van der Waals surface area (Å²) >= 11 is 6.50. The highest BCUT2D eigenvalue weighted by molar-refractivity contribution is 8.26. The third kappa shape index (κ3) is 5.04. The summed E-state index contributed by atoms with van der Waals surface area (Å²) in [6.45, 7) is 5.55. The Labute approximate surface area is 229 Å². The normalized spacial score (nSPS) is 22.6. The van der Waals surface area contributed by atoms with E-state index in [0.29, 0.717) is 44.1 Å². The average Bonchev–Trinajstić information content (AvgIpc) is 3.37. The smallest absolute Gasteiger partial charge is 0.409 e. The molecule has 2 aromatic heterocycles.